The van der Waals surface area contributed by atoms with Crippen molar-refractivity contribution in [3.05, 3.63) is 46.7 Å². The van der Waals surface area contributed by atoms with Crippen molar-refractivity contribution in [1.82, 2.24) is 19.6 Å². The van der Waals surface area contributed by atoms with Crippen LogP contribution in [0, 0.1) is 18.6 Å². The number of hydrogen-bond acceptors (Lipinski definition) is 5. The Hall–Kier alpha value is -3.23. The third-order valence-electron chi connectivity index (χ3n) is 5.21. The first-order valence-corrected chi connectivity index (χ1v) is 9.85. The molecule has 158 valence electrons. The Kier molecular flexibility index (Phi) is 5.05. The lowest BCUT2D eigenvalue weighted by Crippen LogP contribution is -2.10. The Morgan fingerprint density at radius 3 is 2.43 bits per heavy atom. The monoisotopic (exact) mass is 415 g/mol. The summed E-state index contributed by atoms with van der Waals surface area (Å²) in [5.74, 6) is -1.02. The molecule has 0 aliphatic heterocycles. The van der Waals surface area contributed by atoms with E-state index in [1.54, 1.807) is 17.7 Å². The van der Waals surface area contributed by atoms with Crippen LogP contribution in [0.2, 0.25) is 0 Å². The molecule has 0 saturated heterocycles. The Bertz CT molecular complexity index is 1110. The Morgan fingerprint density at radius 2 is 1.90 bits per heavy atom. The van der Waals surface area contributed by atoms with E-state index in [2.05, 4.69) is 10.2 Å². The minimum absolute atomic E-state index is 0.0559. The van der Waals surface area contributed by atoms with Crippen LogP contribution in [0.3, 0.4) is 0 Å². The van der Waals surface area contributed by atoms with Crippen LogP contribution in [-0.2, 0) is 6.54 Å². The van der Waals surface area contributed by atoms with Crippen LogP contribution in [0.4, 0.5) is 14.6 Å². The Balaban J connectivity index is 1.76. The molecule has 0 amide bonds. The van der Waals surface area contributed by atoms with E-state index < -0.39 is 11.6 Å². The molecule has 30 heavy (non-hydrogen) atoms. The van der Waals surface area contributed by atoms with Crippen molar-refractivity contribution in [1.29, 1.82) is 0 Å². The van der Waals surface area contributed by atoms with Crippen molar-refractivity contribution in [2.24, 2.45) is 0 Å². The highest BCUT2D eigenvalue weighted by molar-refractivity contribution is 5.80. The highest BCUT2D eigenvalue weighted by Gasteiger charge is 2.32. The van der Waals surface area contributed by atoms with Gasteiger partial charge in [0.2, 0.25) is 5.91 Å². The molecule has 0 radical (unpaired) electrons. The number of ether oxygens (including phenoxy) is 1. The third-order valence-corrected chi connectivity index (χ3v) is 5.21. The standard InChI is InChI=1S/C21H23F2N5O2/c1-4-30-14-7-16(22)15(17(23)8-14)10-27-21(13-5-6-13)11(2)20(26-27)18-9-19(24)28(25-18)12(3)29/h7-9,13H,4-6,10,24H2,1-3H3. The summed E-state index contributed by atoms with van der Waals surface area (Å²) in [7, 11) is 0. The number of halogens is 2. The number of nitrogens with two attached hydrogens (primary N) is 1. The quantitative estimate of drug-likeness (QED) is 0.660. The molecular formula is C21H23F2N5O2. The van der Waals surface area contributed by atoms with E-state index in [1.165, 1.54) is 19.1 Å². The number of aromatic nitrogens is 4. The topological polar surface area (TPSA) is 88.0 Å². The van der Waals surface area contributed by atoms with Gasteiger partial charge in [-0.25, -0.2) is 8.78 Å². The van der Waals surface area contributed by atoms with E-state index in [1.807, 2.05) is 6.92 Å². The van der Waals surface area contributed by atoms with Crippen LogP contribution in [0.15, 0.2) is 18.2 Å². The second-order valence-corrected chi connectivity index (χ2v) is 7.47. The van der Waals surface area contributed by atoms with Gasteiger partial charge in [-0.2, -0.15) is 14.9 Å². The number of nitrogens with zero attached hydrogens (tertiary/aromatic N) is 4. The number of hydrogen-bond donors (Lipinski definition) is 1. The fourth-order valence-corrected chi connectivity index (χ4v) is 3.70. The summed E-state index contributed by atoms with van der Waals surface area (Å²) in [5, 5.41) is 8.85. The molecule has 1 saturated carbocycles. The lowest BCUT2D eigenvalue weighted by atomic mass is 10.1. The molecule has 2 aromatic heterocycles. The summed E-state index contributed by atoms with van der Waals surface area (Å²) in [6.45, 7) is 5.29. The van der Waals surface area contributed by atoms with Crippen LogP contribution >= 0.6 is 0 Å². The van der Waals surface area contributed by atoms with Crippen molar-refractivity contribution in [2.45, 2.75) is 46.1 Å². The fourth-order valence-electron chi connectivity index (χ4n) is 3.70. The van der Waals surface area contributed by atoms with Gasteiger partial charge in [0, 0.05) is 47.9 Å². The van der Waals surface area contributed by atoms with E-state index in [4.69, 9.17) is 10.5 Å². The molecule has 0 bridgehead atoms. The van der Waals surface area contributed by atoms with Gasteiger partial charge in [0.1, 0.15) is 34.6 Å². The number of rotatable bonds is 6. The molecule has 0 atom stereocenters. The predicted octanol–water partition coefficient (Wildman–Crippen LogP) is 3.90. The molecule has 4 rings (SSSR count). The molecule has 2 N–H and O–H groups in total. The van der Waals surface area contributed by atoms with Gasteiger partial charge >= 0.3 is 0 Å². The summed E-state index contributed by atoms with van der Waals surface area (Å²) < 4.78 is 37.2. The fraction of sp³-hybridized carbons (Fsp3) is 0.381. The molecule has 1 aromatic carbocycles. The molecule has 1 fully saturated rings. The molecule has 0 spiro atoms. The van der Waals surface area contributed by atoms with Gasteiger partial charge < -0.3 is 10.5 Å². The lowest BCUT2D eigenvalue weighted by Gasteiger charge is -2.11. The van der Waals surface area contributed by atoms with Crippen LogP contribution < -0.4 is 10.5 Å². The number of carbonyl (C=O) groups excluding carboxylic acids is 1. The Morgan fingerprint density at radius 1 is 1.23 bits per heavy atom. The van der Waals surface area contributed by atoms with E-state index in [0.29, 0.717) is 18.0 Å². The second kappa shape index (κ2) is 7.55. The summed E-state index contributed by atoms with van der Waals surface area (Å²) in [6.07, 6.45) is 1.98. The largest absolute Gasteiger partial charge is 0.494 e. The SMILES string of the molecule is CCOc1cc(F)c(Cn2nc(-c3cc(N)n(C(C)=O)n3)c(C)c2C2CC2)c(F)c1. The van der Waals surface area contributed by atoms with Gasteiger partial charge in [0.15, 0.2) is 0 Å². The number of carbonyl (C=O) groups is 1. The normalized spacial score (nSPS) is 13.6. The summed E-state index contributed by atoms with van der Waals surface area (Å²) >= 11 is 0. The maximum atomic E-state index is 14.6. The van der Waals surface area contributed by atoms with E-state index in [-0.39, 0.29) is 35.5 Å². The van der Waals surface area contributed by atoms with Crippen molar-refractivity contribution < 1.29 is 18.3 Å². The number of nitrogen functional groups attached to an aromatic ring is 1. The van der Waals surface area contributed by atoms with E-state index >= 15 is 0 Å². The molecule has 2 heterocycles. The van der Waals surface area contributed by atoms with Crippen molar-refractivity contribution in [3.8, 4) is 17.1 Å². The first-order chi connectivity index (χ1) is 14.3. The van der Waals surface area contributed by atoms with Crippen LogP contribution in [-0.4, -0.2) is 32.1 Å². The molecule has 1 aliphatic rings. The van der Waals surface area contributed by atoms with Crippen molar-refractivity contribution in [2.75, 3.05) is 12.3 Å². The maximum Gasteiger partial charge on any atom is 0.245 e. The van der Waals surface area contributed by atoms with Gasteiger partial charge in [-0.1, -0.05) is 0 Å². The average molecular weight is 415 g/mol. The zero-order valence-electron chi connectivity index (χ0n) is 17.1. The van der Waals surface area contributed by atoms with Gasteiger partial charge in [0.05, 0.1) is 13.2 Å². The van der Waals surface area contributed by atoms with Crippen LogP contribution in [0.1, 0.15) is 54.2 Å². The summed E-state index contributed by atoms with van der Waals surface area (Å²) in [4.78, 5) is 11.7. The van der Waals surface area contributed by atoms with Gasteiger partial charge in [-0.05, 0) is 26.7 Å². The molecule has 3 aromatic rings. The Labute approximate surface area is 172 Å². The average Bonchev–Trinajstić information content (AvgIpc) is 3.34. The van der Waals surface area contributed by atoms with Crippen LogP contribution in [0.5, 0.6) is 5.75 Å². The number of benzene rings is 1. The minimum atomic E-state index is -0.681. The lowest BCUT2D eigenvalue weighted by molar-refractivity contribution is 0.0924. The van der Waals surface area contributed by atoms with Gasteiger partial charge in [-0.15, -0.1) is 0 Å². The third kappa shape index (κ3) is 3.55. The molecule has 1 aliphatic carbocycles. The van der Waals surface area contributed by atoms with E-state index in [9.17, 15) is 13.6 Å². The maximum absolute atomic E-state index is 14.6. The van der Waals surface area contributed by atoms with Crippen molar-refractivity contribution in [3.63, 3.8) is 0 Å². The molecule has 0 unspecified atom stereocenters. The minimum Gasteiger partial charge on any atom is -0.494 e. The second-order valence-electron chi connectivity index (χ2n) is 7.47. The summed E-state index contributed by atoms with van der Waals surface area (Å²) in [6, 6.07) is 3.95. The van der Waals surface area contributed by atoms with Crippen molar-refractivity contribution >= 4 is 11.7 Å². The van der Waals surface area contributed by atoms with Crippen LogP contribution in [0.25, 0.3) is 11.4 Å². The van der Waals surface area contributed by atoms with E-state index in [0.717, 1.165) is 28.8 Å². The first kappa shape index (κ1) is 20.1. The van der Waals surface area contributed by atoms with Gasteiger partial charge in [-0.3, -0.25) is 9.48 Å². The molecule has 7 nitrogen and oxygen atoms in total. The highest BCUT2D eigenvalue weighted by atomic mass is 19.1. The summed E-state index contributed by atoms with van der Waals surface area (Å²) in [5.41, 5.74) is 8.60. The predicted molar refractivity (Wildman–Crippen MR) is 108 cm³/mol. The zero-order valence-corrected chi connectivity index (χ0v) is 17.1. The highest BCUT2D eigenvalue weighted by Crippen LogP contribution is 2.44. The smallest absolute Gasteiger partial charge is 0.245 e. The molecular weight excluding hydrogens is 392 g/mol. The van der Waals surface area contributed by atoms with Gasteiger partial charge in [0.25, 0.3) is 0 Å². The molecule has 9 heteroatoms. The first-order valence-electron chi connectivity index (χ1n) is 9.85. The number of anilines is 1. The zero-order chi connectivity index (χ0) is 21.6.